The van der Waals surface area contributed by atoms with E-state index >= 15 is 0 Å². The van der Waals surface area contributed by atoms with Crippen LogP contribution in [0.1, 0.15) is 19.4 Å². The van der Waals surface area contributed by atoms with E-state index in [2.05, 4.69) is 29.4 Å². The Kier molecular flexibility index (Phi) is 4.47. The summed E-state index contributed by atoms with van der Waals surface area (Å²) >= 11 is 0. The predicted molar refractivity (Wildman–Crippen MR) is 77.2 cm³/mol. The maximum Gasteiger partial charge on any atom is 0.270 e. The molecule has 1 aromatic carbocycles. The highest BCUT2D eigenvalue weighted by molar-refractivity contribution is 5.65. The molecule has 6 nitrogen and oxygen atoms in total. The molecular formula is C14H18N4O2. The largest absolute Gasteiger partial charge is 0.312 e. The van der Waals surface area contributed by atoms with Crippen LogP contribution in [0.15, 0.2) is 30.5 Å². The van der Waals surface area contributed by atoms with Crippen molar-refractivity contribution < 1.29 is 4.92 Å². The first kappa shape index (κ1) is 14.2. The van der Waals surface area contributed by atoms with Crippen molar-refractivity contribution >= 4 is 5.69 Å². The van der Waals surface area contributed by atoms with Gasteiger partial charge in [0.25, 0.3) is 5.69 Å². The number of non-ortho nitro benzene ring substituents is 1. The summed E-state index contributed by atoms with van der Waals surface area (Å²) in [6.45, 7) is 5.89. The van der Waals surface area contributed by atoms with Gasteiger partial charge in [-0.25, -0.2) is 0 Å². The lowest BCUT2D eigenvalue weighted by molar-refractivity contribution is -0.384. The Morgan fingerprint density at radius 3 is 2.95 bits per heavy atom. The van der Waals surface area contributed by atoms with Gasteiger partial charge < -0.3 is 5.32 Å². The van der Waals surface area contributed by atoms with E-state index in [-0.39, 0.29) is 5.69 Å². The lowest BCUT2D eigenvalue weighted by atomic mass is 10.1. The van der Waals surface area contributed by atoms with Gasteiger partial charge in [-0.3, -0.25) is 15.2 Å². The number of aromatic amines is 1. The molecule has 6 heteroatoms. The summed E-state index contributed by atoms with van der Waals surface area (Å²) in [5.41, 5.74) is 2.69. The average Bonchev–Trinajstić information content (AvgIpc) is 2.87. The van der Waals surface area contributed by atoms with Crippen molar-refractivity contribution in [3.8, 4) is 11.3 Å². The van der Waals surface area contributed by atoms with Gasteiger partial charge in [0.05, 0.1) is 16.8 Å². The number of benzene rings is 1. The summed E-state index contributed by atoms with van der Waals surface area (Å²) in [5.74, 6) is 0.572. The molecule has 0 saturated carbocycles. The first-order chi connectivity index (χ1) is 9.58. The second-order valence-corrected chi connectivity index (χ2v) is 5.10. The number of H-pyrrole nitrogens is 1. The number of nitro benzene ring substituents is 1. The molecule has 0 fully saturated rings. The fourth-order valence-electron chi connectivity index (χ4n) is 1.97. The third-order valence-electron chi connectivity index (χ3n) is 2.93. The van der Waals surface area contributed by atoms with E-state index in [1.165, 1.54) is 6.07 Å². The van der Waals surface area contributed by atoms with E-state index < -0.39 is 4.92 Å². The van der Waals surface area contributed by atoms with Crippen LogP contribution in [0, 0.1) is 16.0 Å². The second kappa shape index (κ2) is 6.29. The Hall–Kier alpha value is -2.21. The Balaban J connectivity index is 2.19. The highest BCUT2D eigenvalue weighted by atomic mass is 16.6. The monoisotopic (exact) mass is 274 g/mol. The van der Waals surface area contributed by atoms with Gasteiger partial charge in [0.15, 0.2) is 0 Å². The molecular weight excluding hydrogens is 256 g/mol. The van der Waals surface area contributed by atoms with Crippen molar-refractivity contribution in [2.45, 2.75) is 20.4 Å². The molecule has 0 aliphatic heterocycles. The molecule has 0 unspecified atom stereocenters. The Morgan fingerprint density at radius 1 is 1.45 bits per heavy atom. The van der Waals surface area contributed by atoms with Gasteiger partial charge in [-0.05, 0) is 12.5 Å². The lowest BCUT2D eigenvalue weighted by Gasteiger charge is -2.07. The van der Waals surface area contributed by atoms with E-state index in [9.17, 15) is 10.1 Å². The summed E-state index contributed by atoms with van der Waals surface area (Å²) in [6, 6.07) is 6.56. The molecule has 1 aromatic heterocycles. The fourth-order valence-corrected chi connectivity index (χ4v) is 1.97. The van der Waals surface area contributed by atoms with Gasteiger partial charge >= 0.3 is 0 Å². The van der Waals surface area contributed by atoms with Crippen molar-refractivity contribution in [3.05, 3.63) is 46.1 Å². The van der Waals surface area contributed by atoms with Crippen molar-refractivity contribution in [1.82, 2.24) is 15.5 Å². The van der Waals surface area contributed by atoms with Crippen LogP contribution in [0.3, 0.4) is 0 Å². The fraction of sp³-hybridized carbons (Fsp3) is 0.357. The standard InChI is InChI=1S/C14H18N4O2/c1-10(2)7-15-8-12-9-16-17-14(12)11-4-3-5-13(6-11)18(19)20/h3-6,9-10,15H,7-8H2,1-2H3,(H,16,17). The first-order valence-electron chi connectivity index (χ1n) is 6.55. The third kappa shape index (κ3) is 3.42. The lowest BCUT2D eigenvalue weighted by Crippen LogP contribution is -2.19. The number of rotatable bonds is 6. The van der Waals surface area contributed by atoms with Crippen molar-refractivity contribution in [1.29, 1.82) is 0 Å². The molecule has 106 valence electrons. The second-order valence-electron chi connectivity index (χ2n) is 5.10. The van der Waals surface area contributed by atoms with E-state index in [1.54, 1.807) is 18.3 Å². The van der Waals surface area contributed by atoms with Crippen molar-refractivity contribution in [2.75, 3.05) is 6.54 Å². The highest BCUT2D eigenvalue weighted by Gasteiger charge is 2.11. The maximum atomic E-state index is 10.8. The number of hydrogen-bond acceptors (Lipinski definition) is 4. The third-order valence-corrected chi connectivity index (χ3v) is 2.93. The summed E-state index contributed by atoms with van der Waals surface area (Å²) < 4.78 is 0. The summed E-state index contributed by atoms with van der Waals surface area (Å²) in [4.78, 5) is 10.4. The number of nitrogens with zero attached hydrogens (tertiary/aromatic N) is 2. The van der Waals surface area contributed by atoms with Gasteiger partial charge in [0, 0.05) is 29.8 Å². The minimum absolute atomic E-state index is 0.0817. The molecule has 0 atom stereocenters. The molecule has 1 heterocycles. The molecule has 20 heavy (non-hydrogen) atoms. The molecule has 0 bridgehead atoms. The molecule has 0 aliphatic rings. The van der Waals surface area contributed by atoms with Gasteiger partial charge in [-0.1, -0.05) is 26.0 Å². The molecule has 2 N–H and O–H groups in total. The van der Waals surface area contributed by atoms with Gasteiger partial charge in [-0.2, -0.15) is 5.10 Å². The number of nitro groups is 1. The SMILES string of the molecule is CC(C)CNCc1cn[nH]c1-c1cccc([N+](=O)[O-])c1. The Bertz CT molecular complexity index is 592. The Morgan fingerprint density at radius 2 is 2.25 bits per heavy atom. The van der Waals surface area contributed by atoms with Gasteiger partial charge in [-0.15, -0.1) is 0 Å². The first-order valence-corrected chi connectivity index (χ1v) is 6.55. The average molecular weight is 274 g/mol. The topological polar surface area (TPSA) is 83.8 Å². The van der Waals surface area contributed by atoms with Gasteiger partial charge in [0.2, 0.25) is 0 Å². The number of hydrogen-bond donors (Lipinski definition) is 2. The zero-order valence-corrected chi connectivity index (χ0v) is 11.6. The molecule has 0 spiro atoms. The van der Waals surface area contributed by atoms with Crippen LogP contribution in [0.5, 0.6) is 0 Å². The highest BCUT2D eigenvalue weighted by Crippen LogP contribution is 2.24. The Labute approximate surface area is 117 Å². The zero-order valence-electron chi connectivity index (χ0n) is 11.6. The van der Waals surface area contributed by atoms with Crippen LogP contribution in [0.25, 0.3) is 11.3 Å². The molecule has 0 amide bonds. The van der Waals surface area contributed by atoms with Crippen molar-refractivity contribution in [2.24, 2.45) is 5.92 Å². The van der Waals surface area contributed by atoms with E-state index in [1.807, 2.05) is 6.07 Å². The maximum absolute atomic E-state index is 10.8. The van der Waals surface area contributed by atoms with Crippen molar-refractivity contribution in [3.63, 3.8) is 0 Å². The predicted octanol–water partition coefficient (Wildman–Crippen LogP) is 2.73. The minimum Gasteiger partial charge on any atom is -0.312 e. The molecule has 0 radical (unpaired) electrons. The molecule has 2 aromatic rings. The number of aromatic nitrogens is 2. The van der Waals surface area contributed by atoms with E-state index in [0.717, 1.165) is 23.4 Å². The summed E-state index contributed by atoms with van der Waals surface area (Å²) in [6.07, 6.45) is 1.75. The summed E-state index contributed by atoms with van der Waals surface area (Å²) in [7, 11) is 0. The summed E-state index contributed by atoms with van der Waals surface area (Å²) in [5, 5.41) is 21.1. The number of nitrogens with one attached hydrogen (secondary N) is 2. The van der Waals surface area contributed by atoms with Crippen LogP contribution in [-0.4, -0.2) is 21.7 Å². The quantitative estimate of drug-likeness (QED) is 0.626. The zero-order chi connectivity index (χ0) is 14.5. The van der Waals surface area contributed by atoms with E-state index in [4.69, 9.17) is 0 Å². The van der Waals surface area contributed by atoms with E-state index in [0.29, 0.717) is 12.5 Å². The van der Waals surface area contributed by atoms with Crippen LogP contribution in [0.4, 0.5) is 5.69 Å². The van der Waals surface area contributed by atoms with Crippen LogP contribution >= 0.6 is 0 Å². The van der Waals surface area contributed by atoms with Gasteiger partial charge in [0.1, 0.15) is 0 Å². The van der Waals surface area contributed by atoms with Crippen LogP contribution in [-0.2, 0) is 6.54 Å². The molecule has 2 rings (SSSR count). The molecule has 0 saturated heterocycles. The molecule has 0 aliphatic carbocycles. The normalized spacial score (nSPS) is 10.9. The van der Waals surface area contributed by atoms with Crippen LogP contribution < -0.4 is 5.32 Å². The smallest absolute Gasteiger partial charge is 0.270 e. The van der Waals surface area contributed by atoms with Crippen LogP contribution in [0.2, 0.25) is 0 Å². The minimum atomic E-state index is -0.392.